The number of benzene rings is 2. The Hall–Kier alpha value is -4.28. The van der Waals surface area contributed by atoms with Crippen molar-refractivity contribution < 1.29 is 28.4 Å². The van der Waals surface area contributed by atoms with E-state index < -0.39 is 17.8 Å². The summed E-state index contributed by atoms with van der Waals surface area (Å²) in [5, 5.41) is 3.39. The van der Waals surface area contributed by atoms with Gasteiger partial charge in [-0.1, -0.05) is 12.8 Å². The molecule has 1 N–H and O–H groups in total. The lowest BCUT2D eigenvalue weighted by Crippen LogP contribution is -2.31. The minimum absolute atomic E-state index is 0.0628. The molecule has 11 nitrogen and oxygen atoms in total. The molecular weight excluding hydrogens is 492 g/mol. The predicted molar refractivity (Wildman–Crippen MR) is 138 cm³/mol. The summed E-state index contributed by atoms with van der Waals surface area (Å²) in [6.07, 6.45) is 3.08. The van der Waals surface area contributed by atoms with Crippen molar-refractivity contribution in [3.63, 3.8) is 0 Å². The Bertz CT molecular complexity index is 1380. The normalized spacial score (nSPS) is 13.4. The number of fused-ring (bicyclic) bond motifs is 2. The van der Waals surface area contributed by atoms with Crippen molar-refractivity contribution in [3.05, 3.63) is 46.1 Å². The fraction of sp³-hybridized carbons (Fsp3) is 0.407. The van der Waals surface area contributed by atoms with E-state index in [0.29, 0.717) is 58.9 Å². The molecule has 3 aliphatic rings. The molecule has 38 heavy (non-hydrogen) atoms. The van der Waals surface area contributed by atoms with Crippen LogP contribution >= 0.6 is 0 Å². The van der Waals surface area contributed by atoms with Crippen molar-refractivity contribution in [2.24, 2.45) is 0 Å². The van der Waals surface area contributed by atoms with Gasteiger partial charge in [0.25, 0.3) is 11.8 Å². The molecule has 0 aromatic heterocycles. The summed E-state index contributed by atoms with van der Waals surface area (Å²) in [5.74, 6) is -1.41. The first-order valence-electron chi connectivity index (χ1n) is 12.6. The second kappa shape index (κ2) is 11.8. The fourth-order valence-corrected chi connectivity index (χ4v) is 4.17. The second-order valence-corrected chi connectivity index (χ2v) is 9.43. The number of hydrogen-bond donors (Lipinski definition) is 1. The number of carbonyl (C=O) groups is 4. The van der Waals surface area contributed by atoms with Gasteiger partial charge in [-0.05, 0) is 31.0 Å². The van der Waals surface area contributed by atoms with Gasteiger partial charge >= 0.3 is 5.97 Å². The second-order valence-electron chi connectivity index (χ2n) is 9.43. The number of hydrogen-bond acceptors (Lipinski definition) is 9. The van der Waals surface area contributed by atoms with Crippen molar-refractivity contribution in [3.8, 4) is 11.5 Å². The number of aromatic nitrogens is 1. The summed E-state index contributed by atoms with van der Waals surface area (Å²) in [6.45, 7) is 0.148. The van der Waals surface area contributed by atoms with Gasteiger partial charge in [0.15, 0.2) is 16.8 Å². The van der Waals surface area contributed by atoms with E-state index in [0.717, 1.165) is 12.1 Å². The van der Waals surface area contributed by atoms with E-state index in [4.69, 9.17) is 9.25 Å². The van der Waals surface area contributed by atoms with E-state index in [1.807, 2.05) is 37.2 Å². The van der Waals surface area contributed by atoms with Gasteiger partial charge in [-0.15, -0.1) is 5.06 Å². The van der Waals surface area contributed by atoms with Crippen LogP contribution in [0.25, 0.3) is 22.6 Å². The molecule has 0 bridgehead atoms. The Kier molecular flexibility index (Phi) is 8.35. The van der Waals surface area contributed by atoms with Gasteiger partial charge in [0.2, 0.25) is 5.91 Å². The first kappa shape index (κ1) is 26.8. The van der Waals surface area contributed by atoms with Crippen molar-refractivity contribution in [1.82, 2.24) is 15.4 Å². The molecule has 1 fully saturated rings. The summed E-state index contributed by atoms with van der Waals surface area (Å²) < 4.78 is 5.96. The van der Waals surface area contributed by atoms with Crippen LogP contribution in [0.2, 0.25) is 0 Å². The van der Waals surface area contributed by atoms with Crippen molar-refractivity contribution >= 4 is 40.5 Å². The molecule has 0 atom stereocenters. The topological polar surface area (TPSA) is 139 Å². The highest BCUT2D eigenvalue weighted by molar-refractivity contribution is 6.01. The van der Waals surface area contributed by atoms with Gasteiger partial charge in [-0.2, -0.15) is 0 Å². The summed E-state index contributed by atoms with van der Waals surface area (Å²) in [6, 6.07) is 8.49. The largest absolute Gasteiger partial charge is 0.453 e. The van der Waals surface area contributed by atoms with Gasteiger partial charge < -0.3 is 19.5 Å². The van der Waals surface area contributed by atoms with E-state index in [2.05, 4.69) is 10.3 Å². The lowest BCUT2D eigenvalue weighted by atomic mass is 10.1. The summed E-state index contributed by atoms with van der Waals surface area (Å²) >= 11 is 0. The number of anilines is 1. The predicted octanol–water partition coefficient (Wildman–Crippen LogP) is 2.92. The molecule has 2 aliphatic heterocycles. The average Bonchev–Trinajstić information content (AvgIpc) is 3.19. The first-order chi connectivity index (χ1) is 18.2. The maximum Gasteiger partial charge on any atom is 0.333 e. The van der Waals surface area contributed by atoms with Gasteiger partial charge in [-0.25, -0.2) is 9.78 Å². The number of carbonyl (C=O) groups excluding carboxylic acids is 4. The third kappa shape index (κ3) is 6.53. The Morgan fingerprint density at radius 3 is 2.42 bits per heavy atom. The van der Waals surface area contributed by atoms with Crippen LogP contribution in [0, 0.1) is 0 Å². The van der Waals surface area contributed by atoms with E-state index in [-0.39, 0.29) is 37.1 Å². The molecule has 1 aliphatic carbocycles. The highest BCUT2D eigenvalue weighted by atomic mass is 16.7. The SMILES string of the molecule is CN(C)c1ccc2nc3c(CNC(=O)CCCCCCC(=O)ON4C(=O)CCC4=O)cc(=O)cc-3oc2c1. The van der Waals surface area contributed by atoms with E-state index in [9.17, 15) is 24.0 Å². The highest BCUT2D eigenvalue weighted by Crippen LogP contribution is 2.29. The molecule has 3 amide bonds. The smallest absolute Gasteiger partial charge is 0.333 e. The van der Waals surface area contributed by atoms with Crippen LogP contribution < -0.4 is 15.6 Å². The zero-order chi connectivity index (χ0) is 27.2. The number of amides is 3. The Morgan fingerprint density at radius 2 is 1.71 bits per heavy atom. The number of imide groups is 1. The quantitative estimate of drug-likeness (QED) is 0.229. The number of unbranched alkanes of at least 4 members (excludes halogenated alkanes) is 3. The minimum atomic E-state index is -0.620. The van der Waals surface area contributed by atoms with Gasteiger partial charge in [0.1, 0.15) is 11.2 Å². The van der Waals surface area contributed by atoms with E-state index >= 15 is 0 Å². The van der Waals surface area contributed by atoms with Crippen LogP contribution in [0.15, 0.2) is 39.5 Å². The molecule has 0 unspecified atom stereocenters. The average molecular weight is 523 g/mol. The monoisotopic (exact) mass is 522 g/mol. The molecule has 4 rings (SSSR count). The van der Waals surface area contributed by atoms with E-state index in [1.165, 1.54) is 12.1 Å². The number of nitrogens with one attached hydrogen (secondary N) is 1. The Balaban J connectivity index is 1.23. The van der Waals surface area contributed by atoms with E-state index in [1.54, 1.807) is 0 Å². The van der Waals surface area contributed by atoms with Gasteiger partial charge in [0.05, 0.1) is 0 Å². The summed E-state index contributed by atoms with van der Waals surface area (Å²) in [5.41, 5.74) is 3.04. The third-order valence-corrected chi connectivity index (χ3v) is 6.25. The molecule has 0 radical (unpaired) electrons. The Morgan fingerprint density at radius 1 is 1.00 bits per heavy atom. The van der Waals surface area contributed by atoms with Crippen LogP contribution in [0.1, 0.15) is 56.9 Å². The van der Waals surface area contributed by atoms with Crippen molar-refractivity contribution in [2.45, 2.75) is 57.9 Å². The van der Waals surface area contributed by atoms with Gasteiger partial charge in [0, 0.05) is 69.7 Å². The summed E-state index contributed by atoms with van der Waals surface area (Å²) in [7, 11) is 3.85. The zero-order valence-corrected chi connectivity index (χ0v) is 21.5. The van der Waals surface area contributed by atoms with Crippen molar-refractivity contribution in [1.29, 1.82) is 0 Å². The lowest BCUT2D eigenvalue weighted by molar-refractivity contribution is -0.197. The first-order valence-corrected chi connectivity index (χ1v) is 12.6. The standard InChI is InChI=1S/C27H30N4O7/c1-30(2)18-9-10-20-21(14-18)37-22-15-19(32)13-17(27(22)29-20)16-28-23(33)7-5-3-4-6-8-26(36)38-31-24(34)11-12-25(31)35/h9-10,13-15H,3-8,11-12,16H2,1-2H3,(H,28,33). The molecule has 0 spiro atoms. The summed E-state index contributed by atoms with van der Waals surface area (Å²) in [4.78, 5) is 70.8. The lowest BCUT2D eigenvalue weighted by Gasteiger charge is -2.15. The molecule has 1 saturated heterocycles. The molecule has 1 aromatic carbocycles. The highest BCUT2D eigenvalue weighted by Gasteiger charge is 2.32. The number of hydroxylamine groups is 2. The third-order valence-electron chi connectivity index (χ3n) is 6.25. The van der Waals surface area contributed by atoms with Crippen LogP contribution in [0.5, 0.6) is 0 Å². The zero-order valence-electron chi connectivity index (χ0n) is 21.5. The molecule has 11 heteroatoms. The number of rotatable bonds is 11. The van der Waals surface area contributed by atoms with Crippen LogP contribution in [-0.4, -0.2) is 47.8 Å². The Labute approximate surface area is 219 Å². The molecule has 2 heterocycles. The van der Waals surface area contributed by atoms with Crippen LogP contribution in [-0.2, 0) is 30.6 Å². The van der Waals surface area contributed by atoms with Crippen LogP contribution in [0.4, 0.5) is 5.69 Å². The van der Waals surface area contributed by atoms with Crippen LogP contribution in [0.3, 0.4) is 0 Å². The maximum absolute atomic E-state index is 12.4. The fourth-order valence-electron chi connectivity index (χ4n) is 4.17. The molecule has 0 saturated carbocycles. The maximum atomic E-state index is 12.4. The minimum Gasteiger partial charge on any atom is -0.453 e. The molecule has 200 valence electrons. The number of nitrogens with zero attached hydrogens (tertiary/aromatic N) is 3. The molecule has 1 aromatic rings. The molecular formula is C27H30N4O7. The van der Waals surface area contributed by atoms with Crippen molar-refractivity contribution in [2.75, 3.05) is 19.0 Å². The van der Waals surface area contributed by atoms with Gasteiger partial charge in [-0.3, -0.25) is 19.2 Å².